The van der Waals surface area contributed by atoms with Gasteiger partial charge in [-0.1, -0.05) is 19.8 Å². The number of nitrogens with two attached hydrogens (primary N) is 1. The predicted octanol–water partition coefficient (Wildman–Crippen LogP) is 1.57. The van der Waals surface area contributed by atoms with E-state index >= 15 is 0 Å². The van der Waals surface area contributed by atoms with Gasteiger partial charge >= 0.3 is 0 Å². The van der Waals surface area contributed by atoms with Gasteiger partial charge in [0.1, 0.15) is 5.52 Å². The second kappa shape index (κ2) is 6.29. The number of nitrogen functional groups attached to an aromatic ring is 1. The first-order valence-electron chi connectivity index (χ1n) is 6.50. The summed E-state index contributed by atoms with van der Waals surface area (Å²) in [5.41, 5.74) is 7.06. The van der Waals surface area contributed by atoms with Crippen molar-refractivity contribution in [1.82, 2.24) is 15.0 Å². The van der Waals surface area contributed by atoms with E-state index in [0.29, 0.717) is 16.9 Å². The van der Waals surface area contributed by atoms with Gasteiger partial charge in [0.15, 0.2) is 5.82 Å². The van der Waals surface area contributed by atoms with Crippen molar-refractivity contribution in [1.29, 1.82) is 0 Å². The normalized spacial score (nSPS) is 12.5. The van der Waals surface area contributed by atoms with Crippen molar-refractivity contribution < 1.29 is 5.11 Å². The Kier molecular flexibility index (Phi) is 4.46. The summed E-state index contributed by atoms with van der Waals surface area (Å²) in [6.07, 6.45) is 4.70. The lowest BCUT2D eigenvalue weighted by Crippen LogP contribution is -2.24. The summed E-state index contributed by atoms with van der Waals surface area (Å²) in [4.78, 5) is 12.6. The third kappa shape index (κ3) is 3.29. The number of hydrogen-bond acceptors (Lipinski definition) is 6. The van der Waals surface area contributed by atoms with E-state index in [1.807, 2.05) is 6.07 Å². The summed E-state index contributed by atoms with van der Waals surface area (Å²) in [5, 5.41) is 12.6. The third-order valence-corrected chi connectivity index (χ3v) is 2.94. The minimum Gasteiger partial charge on any atom is -0.394 e. The lowest BCUT2D eigenvalue weighted by molar-refractivity contribution is 0.267. The maximum absolute atomic E-state index is 9.40. The Labute approximate surface area is 112 Å². The van der Waals surface area contributed by atoms with Gasteiger partial charge in [-0.25, -0.2) is 4.98 Å². The fraction of sp³-hybridized carbons (Fsp3) is 0.462. The van der Waals surface area contributed by atoms with Crippen LogP contribution in [0.5, 0.6) is 0 Å². The number of fused-ring (bicyclic) bond motifs is 1. The molecular weight excluding hydrogens is 242 g/mol. The quantitative estimate of drug-likeness (QED) is 0.730. The van der Waals surface area contributed by atoms with E-state index in [1.165, 1.54) is 0 Å². The molecule has 1 atom stereocenters. The van der Waals surface area contributed by atoms with Crippen LogP contribution in [0.25, 0.3) is 11.0 Å². The molecule has 0 spiro atoms. The van der Waals surface area contributed by atoms with E-state index < -0.39 is 0 Å². The first-order chi connectivity index (χ1) is 9.24. The number of unbranched alkanes of at least 4 members (excludes halogenated alkanes) is 1. The maximum Gasteiger partial charge on any atom is 0.222 e. The molecule has 0 amide bonds. The Bertz CT molecular complexity index is 546. The van der Waals surface area contributed by atoms with Gasteiger partial charge in [-0.05, 0) is 18.6 Å². The molecule has 0 aromatic carbocycles. The van der Waals surface area contributed by atoms with Crippen LogP contribution in [0, 0.1) is 0 Å². The molecule has 2 rings (SSSR count). The number of nitrogens with zero attached hydrogens (tertiary/aromatic N) is 3. The van der Waals surface area contributed by atoms with Crippen molar-refractivity contribution in [2.24, 2.45) is 0 Å². The number of aliphatic hydroxyl groups is 1. The molecule has 0 radical (unpaired) electrons. The van der Waals surface area contributed by atoms with Crippen molar-refractivity contribution in [3.8, 4) is 0 Å². The van der Waals surface area contributed by atoms with E-state index in [2.05, 4.69) is 27.2 Å². The highest BCUT2D eigenvalue weighted by Crippen LogP contribution is 2.19. The van der Waals surface area contributed by atoms with E-state index in [-0.39, 0.29) is 18.6 Å². The van der Waals surface area contributed by atoms with Gasteiger partial charge in [-0.15, -0.1) is 0 Å². The largest absolute Gasteiger partial charge is 0.394 e. The van der Waals surface area contributed by atoms with Gasteiger partial charge in [0, 0.05) is 6.20 Å². The molecule has 6 heteroatoms. The zero-order valence-corrected chi connectivity index (χ0v) is 11.0. The van der Waals surface area contributed by atoms with Crippen LogP contribution in [0.2, 0.25) is 0 Å². The van der Waals surface area contributed by atoms with Crippen molar-refractivity contribution in [2.45, 2.75) is 32.2 Å². The van der Waals surface area contributed by atoms with Gasteiger partial charge in [-0.2, -0.15) is 4.98 Å². The number of aliphatic hydroxyl groups excluding tert-OH is 1. The van der Waals surface area contributed by atoms with Crippen LogP contribution in [-0.2, 0) is 0 Å². The van der Waals surface area contributed by atoms with Crippen molar-refractivity contribution >= 4 is 22.8 Å². The average Bonchev–Trinajstić information content (AvgIpc) is 2.43. The van der Waals surface area contributed by atoms with Crippen molar-refractivity contribution in [2.75, 3.05) is 17.7 Å². The van der Waals surface area contributed by atoms with Crippen molar-refractivity contribution in [3.05, 3.63) is 18.3 Å². The smallest absolute Gasteiger partial charge is 0.222 e. The second-order valence-corrected chi connectivity index (χ2v) is 4.47. The molecule has 2 aromatic heterocycles. The molecule has 0 aliphatic rings. The minimum absolute atomic E-state index is 0.0422. The summed E-state index contributed by atoms with van der Waals surface area (Å²) in [5.74, 6) is 0.786. The zero-order valence-electron chi connectivity index (χ0n) is 11.0. The lowest BCUT2D eigenvalue weighted by atomic mass is 10.1. The lowest BCUT2D eigenvalue weighted by Gasteiger charge is -2.17. The maximum atomic E-state index is 9.40. The van der Waals surface area contributed by atoms with E-state index in [1.54, 1.807) is 12.3 Å². The van der Waals surface area contributed by atoms with Gasteiger partial charge in [0.2, 0.25) is 5.95 Å². The molecule has 0 fully saturated rings. The van der Waals surface area contributed by atoms with Gasteiger partial charge < -0.3 is 16.2 Å². The molecule has 19 heavy (non-hydrogen) atoms. The Hall–Kier alpha value is -1.95. The number of rotatable bonds is 6. The highest BCUT2D eigenvalue weighted by atomic mass is 16.3. The van der Waals surface area contributed by atoms with Crippen molar-refractivity contribution in [3.63, 3.8) is 0 Å². The highest BCUT2D eigenvalue weighted by Gasteiger charge is 2.12. The molecule has 6 nitrogen and oxygen atoms in total. The zero-order chi connectivity index (χ0) is 13.7. The first kappa shape index (κ1) is 13.5. The summed E-state index contributed by atoms with van der Waals surface area (Å²) >= 11 is 0. The minimum atomic E-state index is -0.0422. The highest BCUT2D eigenvalue weighted by molar-refractivity contribution is 5.85. The van der Waals surface area contributed by atoms with Crippen LogP contribution in [0.15, 0.2) is 18.3 Å². The molecule has 0 bridgehead atoms. The fourth-order valence-corrected chi connectivity index (χ4v) is 1.94. The van der Waals surface area contributed by atoms with E-state index in [0.717, 1.165) is 19.3 Å². The van der Waals surface area contributed by atoms with Gasteiger partial charge in [-0.3, -0.25) is 4.98 Å². The first-order valence-corrected chi connectivity index (χ1v) is 6.50. The molecule has 0 saturated carbocycles. The number of anilines is 2. The predicted molar refractivity (Wildman–Crippen MR) is 75.8 cm³/mol. The average molecular weight is 261 g/mol. The Morgan fingerprint density at radius 2 is 2.26 bits per heavy atom. The van der Waals surface area contributed by atoms with E-state index in [4.69, 9.17) is 5.73 Å². The molecule has 2 heterocycles. The summed E-state index contributed by atoms with van der Waals surface area (Å²) in [7, 11) is 0. The second-order valence-electron chi connectivity index (χ2n) is 4.47. The molecule has 0 unspecified atom stereocenters. The molecule has 0 aliphatic heterocycles. The fourth-order valence-electron chi connectivity index (χ4n) is 1.94. The summed E-state index contributed by atoms with van der Waals surface area (Å²) in [6, 6.07) is 3.60. The monoisotopic (exact) mass is 261 g/mol. The van der Waals surface area contributed by atoms with Crippen LogP contribution >= 0.6 is 0 Å². The van der Waals surface area contributed by atoms with E-state index in [9.17, 15) is 5.11 Å². The van der Waals surface area contributed by atoms with Crippen LogP contribution in [0.1, 0.15) is 26.2 Å². The van der Waals surface area contributed by atoms with Crippen LogP contribution < -0.4 is 11.1 Å². The number of pyridine rings is 1. The number of hydrogen-bond donors (Lipinski definition) is 3. The van der Waals surface area contributed by atoms with Crippen LogP contribution in [0.4, 0.5) is 11.8 Å². The molecule has 4 N–H and O–H groups in total. The van der Waals surface area contributed by atoms with Gasteiger partial charge in [0.25, 0.3) is 0 Å². The van der Waals surface area contributed by atoms with Crippen LogP contribution in [0.3, 0.4) is 0 Å². The number of nitrogens with one attached hydrogen (secondary N) is 1. The Morgan fingerprint density at radius 3 is 3.00 bits per heavy atom. The molecule has 102 valence electrons. The molecule has 2 aromatic rings. The third-order valence-electron chi connectivity index (χ3n) is 2.94. The number of aromatic nitrogens is 3. The standard InChI is InChI=1S/C13H19N5O/c1-2-3-5-9(8-19)16-12-11-10(6-4-7-15-11)17-13(14)18-12/h4,6-7,9,19H,2-3,5,8H2,1H3,(H3,14,16,17,18)/t9-/m0/s1. The molecule has 0 saturated heterocycles. The molecular formula is C13H19N5O. The topological polar surface area (TPSA) is 97.0 Å². The van der Waals surface area contributed by atoms with Crippen LogP contribution in [-0.4, -0.2) is 32.7 Å². The Balaban J connectivity index is 2.28. The summed E-state index contributed by atoms with van der Waals surface area (Å²) in [6.45, 7) is 2.17. The summed E-state index contributed by atoms with van der Waals surface area (Å²) < 4.78 is 0. The Morgan fingerprint density at radius 1 is 1.42 bits per heavy atom. The van der Waals surface area contributed by atoms with Gasteiger partial charge in [0.05, 0.1) is 18.2 Å². The molecule has 0 aliphatic carbocycles. The SMILES string of the molecule is CCCC[C@@H](CO)Nc1nc(N)nc2cccnc12.